The van der Waals surface area contributed by atoms with Gasteiger partial charge in [-0.2, -0.15) is 0 Å². The molecule has 0 aliphatic carbocycles. The van der Waals surface area contributed by atoms with Crippen LogP contribution in [0.2, 0.25) is 5.02 Å². The normalized spacial score (nSPS) is 17.9. The van der Waals surface area contributed by atoms with E-state index in [4.69, 9.17) is 11.6 Å². The molecule has 8 nitrogen and oxygen atoms in total. The van der Waals surface area contributed by atoms with Crippen molar-refractivity contribution in [1.29, 1.82) is 0 Å². The monoisotopic (exact) mass is 558 g/mol. The maximum Gasteiger partial charge on any atom is 0.268 e. The molecular formula is C28H29ClF2N4O4. The molecule has 2 aromatic carbocycles. The number of aryl methyl sites for hydroxylation is 1. The molecule has 4 rings (SSSR count). The number of aliphatic hydroxyl groups excluding tert-OH is 1. The Morgan fingerprint density at radius 1 is 1.08 bits per heavy atom. The topological polar surface area (TPSA) is 104 Å². The third-order valence-corrected chi connectivity index (χ3v) is 7.06. The summed E-state index contributed by atoms with van der Waals surface area (Å²) in [7, 11) is 1.67. The summed E-state index contributed by atoms with van der Waals surface area (Å²) < 4.78 is 30.6. The van der Waals surface area contributed by atoms with Gasteiger partial charge in [0, 0.05) is 31.2 Å². The first-order chi connectivity index (χ1) is 18.6. The number of alkyl halides is 2. The van der Waals surface area contributed by atoms with Crippen LogP contribution in [-0.2, 0) is 29.6 Å². The van der Waals surface area contributed by atoms with Crippen molar-refractivity contribution >= 4 is 29.3 Å². The molecule has 0 radical (unpaired) electrons. The predicted molar refractivity (Wildman–Crippen MR) is 141 cm³/mol. The van der Waals surface area contributed by atoms with E-state index in [1.807, 2.05) is 0 Å². The van der Waals surface area contributed by atoms with Gasteiger partial charge >= 0.3 is 0 Å². The molecule has 2 heterocycles. The predicted octanol–water partition coefficient (Wildman–Crippen LogP) is 2.93. The lowest BCUT2D eigenvalue weighted by Gasteiger charge is -2.30. The minimum Gasteiger partial charge on any atom is -0.381 e. The minimum absolute atomic E-state index is 0.0193. The average molecular weight is 559 g/mol. The lowest BCUT2D eigenvalue weighted by atomic mass is 9.99. The Morgan fingerprint density at radius 3 is 2.44 bits per heavy atom. The van der Waals surface area contributed by atoms with Crippen LogP contribution in [0.25, 0.3) is 0 Å². The Balaban J connectivity index is 1.53. The molecule has 1 aliphatic heterocycles. The highest BCUT2D eigenvalue weighted by Crippen LogP contribution is 2.33. The molecule has 1 aromatic heterocycles. The van der Waals surface area contributed by atoms with Crippen LogP contribution < -0.4 is 10.6 Å². The number of carbonyl (C=O) groups is 3. The van der Waals surface area contributed by atoms with E-state index in [0.717, 1.165) is 0 Å². The Hall–Kier alpha value is -3.76. The van der Waals surface area contributed by atoms with Crippen LogP contribution in [0.1, 0.15) is 28.0 Å². The van der Waals surface area contributed by atoms with Crippen molar-refractivity contribution in [2.45, 2.75) is 43.5 Å². The van der Waals surface area contributed by atoms with Gasteiger partial charge in [0.15, 0.2) is 6.10 Å². The first kappa shape index (κ1) is 28.3. The maximum absolute atomic E-state index is 14.5. The summed E-state index contributed by atoms with van der Waals surface area (Å²) in [6, 6.07) is 16.2. The van der Waals surface area contributed by atoms with Crippen LogP contribution in [0.3, 0.4) is 0 Å². The molecule has 0 bridgehead atoms. The van der Waals surface area contributed by atoms with Crippen LogP contribution in [0.5, 0.6) is 0 Å². The summed E-state index contributed by atoms with van der Waals surface area (Å²) in [5.41, 5.74) is 1.58. The molecule has 3 unspecified atom stereocenters. The van der Waals surface area contributed by atoms with Gasteiger partial charge in [0.2, 0.25) is 5.91 Å². The van der Waals surface area contributed by atoms with Gasteiger partial charge in [-0.05, 0) is 35.7 Å². The van der Waals surface area contributed by atoms with Crippen molar-refractivity contribution in [2.75, 3.05) is 6.54 Å². The summed E-state index contributed by atoms with van der Waals surface area (Å²) in [5, 5.41) is 16.8. The number of likely N-dealkylation sites (tertiary alicyclic amines) is 1. The molecule has 1 aliphatic rings. The number of aliphatic hydroxyl groups is 1. The third-order valence-electron chi connectivity index (χ3n) is 6.69. The Labute approximate surface area is 229 Å². The van der Waals surface area contributed by atoms with E-state index in [1.165, 1.54) is 0 Å². The molecule has 39 heavy (non-hydrogen) atoms. The Bertz CT molecular complexity index is 1330. The molecule has 3 N–H and O–H groups in total. The average Bonchev–Trinajstić information content (AvgIpc) is 3.49. The zero-order chi connectivity index (χ0) is 28.2. The third kappa shape index (κ3) is 6.82. The minimum atomic E-state index is -3.33. The van der Waals surface area contributed by atoms with Gasteiger partial charge in [0.25, 0.3) is 17.7 Å². The SMILES string of the molecule is Cn1cccc1C(=O)NC(Cc1ccccc1)C(O)C(=O)N1CC(F)(F)CC1C(=O)NCc1ccccc1Cl. The summed E-state index contributed by atoms with van der Waals surface area (Å²) >= 11 is 6.12. The van der Waals surface area contributed by atoms with Gasteiger partial charge in [0.1, 0.15) is 11.7 Å². The van der Waals surface area contributed by atoms with Gasteiger partial charge < -0.3 is 25.2 Å². The molecule has 3 amide bonds. The number of hydrogen-bond acceptors (Lipinski definition) is 4. The largest absolute Gasteiger partial charge is 0.381 e. The molecule has 0 spiro atoms. The summed E-state index contributed by atoms with van der Waals surface area (Å²) in [6.07, 6.45) is -1.06. The van der Waals surface area contributed by atoms with Crippen LogP contribution in [0, 0.1) is 0 Å². The smallest absolute Gasteiger partial charge is 0.268 e. The van der Waals surface area contributed by atoms with E-state index >= 15 is 0 Å². The van der Waals surface area contributed by atoms with Crippen LogP contribution >= 0.6 is 11.6 Å². The zero-order valence-corrected chi connectivity index (χ0v) is 21.9. The second kappa shape index (κ2) is 12.0. The summed E-state index contributed by atoms with van der Waals surface area (Å²) in [4.78, 5) is 40.0. The Kier molecular flexibility index (Phi) is 8.66. The van der Waals surface area contributed by atoms with Crippen molar-refractivity contribution < 1.29 is 28.3 Å². The number of hydrogen-bond donors (Lipinski definition) is 3. The van der Waals surface area contributed by atoms with Gasteiger partial charge in [0.05, 0.1) is 12.6 Å². The number of benzene rings is 2. The molecule has 3 aromatic rings. The van der Waals surface area contributed by atoms with Crippen molar-refractivity contribution in [3.63, 3.8) is 0 Å². The van der Waals surface area contributed by atoms with E-state index in [2.05, 4.69) is 10.6 Å². The van der Waals surface area contributed by atoms with Crippen LogP contribution in [0.4, 0.5) is 8.78 Å². The van der Waals surface area contributed by atoms with E-state index in [-0.39, 0.29) is 18.7 Å². The van der Waals surface area contributed by atoms with Gasteiger partial charge in [-0.25, -0.2) is 8.78 Å². The Morgan fingerprint density at radius 2 is 1.77 bits per heavy atom. The van der Waals surface area contributed by atoms with E-state index in [0.29, 0.717) is 21.0 Å². The van der Waals surface area contributed by atoms with Crippen LogP contribution in [-0.4, -0.2) is 63.0 Å². The highest BCUT2D eigenvalue weighted by atomic mass is 35.5. The quantitative estimate of drug-likeness (QED) is 0.376. The molecular weight excluding hydrogens is 530 g/mol. The highest BCUT2D eigenvalue weighted by molar-refractivity contribution is 6.31. The number of amides is 3. The van der Waals surface area contributed by atoms with Crippen molar-refractivity contribution in [3.05, 3.63) is 94.8 Å². The second-order valence-electron chi connectivity index (χ2n) is 9.57. The lowest BCUT2D eigenvalue weighted by molar-refractivity contribution is -0.147. The van der Waals surface area contributed by atoms with Gasteiger partial charge in [-0.1, -0.05) is 60.1 Å². The molecule has 0 saturated carbocycles. The summed E-state index contributed by atoms with van der Waals surface area (Å²) in [5.74, 6) is -5.74. The molecule has 1 saturated heterocycles. The molecule has 1 fully saturated rings. The fraction of sp³-hybridized carbons (Fsp3) is 0.321. The number of nitrogens with one attached hydrogen (secondary N) is 2. The summed E-state index contributed by atoms with van der Waals surface area (Å²) in [6.45, 7) is -1.05. The second-order valence-corrected chi connectivity index (χ2v) is 9.98. The first-order valence-electron chi connectivity index (χ1n) is 12.4. The van der Waals surface area contributed by atoms with Crippen molar-refractivity contribution in [2.24, 2.45) is 7.05 Å². The lowest BCUT2D eigenvalue weighted by Crippen LogP contribution is -2.56. The van der Waals surface area contributed by atoms with Crippen molar-refractivity contribution in [3.8, 4) is 0 Å². The van der Waals surface area contributed by atoms with Gasteiger partial charge in [-0.3, -0.25) is 14.4 Å². The molecule has 3 atom stereocenters. The van der Waals surface area contributed by atoms with Crippen molar-refractivity contribution in [1.82, 2.24) is 20.1 Å². The highest BCUT2D eigenvalue weighted by Gasteiger charge is 2.51. The molecule has 11 heteroatoms. The van der Waals surface area contributed by atoms with E-state index in [9.17, 15) is 28.3 Å². The standard InChI is InChI=1S/C28H29ClF2N4O4/c1-34-13-7-12-22(34)26(38)33-21(14-18-8-3-2-4-9-18)24(36)27(39)35-17-28(30,31)15-23(35)25(37)32-16-19-10-5-6-11-20(19)29/h2-13,21,23-24,36H,14-17H2,1H3,(H,32,37)(H,33,38). The fourth-order valence-electron chi connectivity index (χ4n) is 4.62. The van der Waals surface area contributed by atoms with E-state index < -0.39 is 54.8 Å². The first-order valence-corrected chi connectivity index (χ1v) is 12.8. The number of carbonyl (C=O) groups excluding carboxylic acids is 3. The maximum atomic E-state index is 14.5. The van der Waals surface area contributed by atoms with Crippen LogP contribution in [0.15, 0.2) is 72.9 Å². The molecule has 206 valence electrons. The number of nitrogens with zero attached hydrogens (tertiary/aromatic N) is 2. The van der Waals surface area contributed by atoms with Gasteiger partial charge in [-0.15, -0.1) is 0 Å². The fourth-order valence-corrected chi connectivity index (χ4v) is 4.82. The number of aromatic nitrogens is 1. The zero-order valence-electron chi connectivity index (χ0n) is 21.2. The number of halogens is 3. The number of rotatable bonds is 9. The van der Waals surface area contributed by atoms with E-state index in [1.54, 1.807) is 84.5 Å².